The monoisotopic (exact) mass is 436 g/mol. The molecular formula is C24H24N2O6. The number of amides is 1. The number of ketones is 1. The lowest BCUT2D eigenvalue weighted by Crippen LogP contribution is -2.28. The van der Waals surface area contributed by atoms with Crippen LogP contribution in [0.25, 0.3) is 0 Å². The smallest absolute Gasteiger partial charge is 0.258 e. The molecule has 0 bridgehead atoms. The first-order valence-corrected chi connectivity index (χ1v) is 9.84. The van der Waals surface area contributed by atoms with E-state index < -0.39 is 0 Å². The van der Waals surface area contributed by atoms with Gasteiger partial charge >= 0.3 is 0 Å². The number of carbonyl (C=O) groups is 2. The van der Waals surface area contributed by atoms with Gasteiger partial charge in [-0.2, -0.15) is 0 Å². The van der Waals surface area contributed by atoms with E-state index in [2.05, 4.69) is 10.3 Å². The Morgan fingerprint density at radius 3 is 2.44 bits per heavy atom. The molecule has 1 aromatic heterocycles. The van der Waals surface area contributed by atoms with E-state index in [1.165, 1.54) is 14.0 Å². The third kappa shape index (κ3) is 6.21. The highest BCUT2D eigenvalue weighted by Gasteiger charge is 2.10. The summed E-state index contributed by atoms with van der Waals surface area (Å²) in [7, 11) is 3.06. The predicted molar refractivity (Wildman–Crippen MR) is 118 cm³/mol. The van der Waals surface area contributed by atoms with E-state index in [9.17, 15) is 9.59 Å². The molecule has 0 spiro atoms. The van der Waals surface area contributed by atoms with Crippen LogP contribution in [0.3, 0.4) is 0 Å². The molecule has 1 amide bonds. The van der Waals surface area contributed by atoms with E-state index in [0.717, 1.165) is 5.56 Å². The average molecular weight is 436 g/mol. The zero-order chi connectivity index (χ0) is 22.9. The minimum atomic E-state index is -0.306. The Kier molecular flexibility index (Phi) is 7.64. The Morgan fingerprint density at radius 2 is 1.75 bits per heavy atom. The minimum absolute atomic E-state index is 0.0823. The van der Waals surface area contributed by atoms with Crippen molar-refractivity contribution in [2.75, 3.05) is 20.8 Å². The Bertz CT molecular complexity index is 1080. The summed E-state index contributed by atoms with van der Waals surface area (Å²) in [6.45, 7) is 1.56. The first kappa shape index (κ1) is 22.6. The van der Waals surface area contributed by atoms with Crippen molar-refractivity contribution in [3.8, 4) is 28.9 Å². The summed E-state index contributed by atoms with van der Waals surface area (Å²) in [5.74, 6) is 2.12. The number of nitrogens with one attached hydrogen (secondary N) is 1. The van der Waals surface area contributed by atoms with Crippen LogP contribution in [-0.4, -0.2) is 37.5 Å². The summed E-state index contributed by atoms with van der Waals surface area (Å²) in [4.78, 5) is 27.9. The number of rotatable bonds is 10. The van der Waals surface area contributed by atoms with Crippen molar-refractivity contribution in [3.05, 3.63) is 71.9 Å². The number of aromatic nitrogens is 1. The van der Waals surface area contributed by atoms with Gasteiger partial charge in [-0.05, 0) is 42.8 Å². The van der Waals surface area contributed by atoms with Gasteiger partial charge in [-0.3, -0.25) is 9.59 Å². The normalized spacial score (nSPS) is 10.2. The SMILES string of the molecule is COc1cccc(Oc2ccc(CNC(=O)COc3ccc(C(C)=O)cc3OC)cn2)c1. The number of Topliss-reactive ketones (excluding diaryl/α,β-unsaturated/α-hetero) is 1. The third-order valence-electron chi connectivity index (χ3n) is 4.48. The van der Waals surface area contributed by atoms with Gasteiger partial charge in [-0.1, -0.05) is 12.1 Å². The van der Waals surface area contributed by atoms with Crippen molar-refractivity contribution < 1.29 is 28.5 Å². The maximum atomic E-state index is 12.1. The lowest BCUT2D eigenvalue weighted by molar-refractivity contribution is -0.123. The third-order valence-corrected chi connectivity index (χ3v) is 4.48. The van der Waals surface area contributed by atoms with Gasteiger partial charge in [0.15, 0.2) is 23.9 Å². The maximum Gasteiger partial charge on any atom is 0.258 e. The Balaban J connectivity index is 1.49. The molecule has 0 unspecified atom stereocenters. The summed E-state index contributed by atoms with van der Waals surface area (Å²) in [6, 6.07) is 15.6. The number of hydrogen-bond donors (Lipinski definition) is 1. The van der Waals surface area contributed by atoms with Gasteiger partial charge in [0.25, 0.3) is 5.91 Å². The van der Waals surface area contributed by atoms with Gasteiger partial charge in [0.1, 0.15) is 11.5 Å². The van der Waals surface area contributed by atoms with Gasteiger partial charge < -0.3 is 24.3 Å². The Hall–Kier alpha value is -4.07. The summed E-state index contributed by atoms with van der Waals surface area (Å²) < 4.78 is 21.6. The number of pyridine rings is 1. The van der Waals surface area contributed by atoms with Gasteiger partial charge in [-0.15, -0.1) is 0 Å². The zero-order valence-electron chi connectivity index (χ0n) is 18.1. The predicted octanol–water partition coefficient (Wildman–Crippen LogP) is 3.79. The first-order chi connectivity index (χ1) is 15.5. The average Bonchev–Trinajstić information content (AvgIpc) is 2.82. The number of ether oxygens (including phenoxy) is 4. The Morgan fingerprint density at radius 1 is 0.938 bits per heavy atom. The van der Waals surface area contributed by atoms with Crippen LogP contribution in [0.2, 0.25) is 0 Å². The van der Waals surface area contributed by atoms with Crippen LogP contribution in [0, 0.1) is 0 Å². The zero-order valence-corrected chi connectivity index (χ0v) is 18.1. The summed E-state index contributed by atoms with van der Waals surface area (Å²) in [5, 5.41) is 2.76. The largest absolute Gasteiger partial charge is 0.497 e. The fraction of sp³-hybridized carbons (Fsp3) is 0.208. The minimum Gasteiger partial charge on any atom is -0.497 e. The lowest BCUT2D eigenvalue weighted by atomic mass is 10.1. The van der Waals surface area contributed by atoms with E-state index >= 15 is 0 Å². The summed E-state index contributed by atoms with van der Waals surface area (Å²) in [6.07, 6.45) is 1.63. The van der Waals surface area contributed by atoms with Crippen molar-refractivity contribution in [3.63, 3.8) is 0 Å². The molecule has 0 radical (unpaired) electrons. The van der Waals surface area contributed by atoms with E-state index in [1.54, 1.807) is 49.7 Å². The number of carbonyl (C=O) groups excluding carboxylic acids is 2. The van der Waals surface area contributed by atoms with Gasteiger partial charge in [-0.25, -0.2) is 4.98 Å². The molecule has 8 nitrogen and oxygen atoms in total. The summed E-state index contributed by atoms with van der Waals surface area (Å²) >= 11 is 0. The van der Waals surface area contributed by atoms with Crippen LogP contribution in [0.1, 0.15) is 22.8 Å². The molecular weight excluding hydrogens is 412 g/mol. The van der Waals surface area contributed by atoms with E-state index in [0.29, 0.717) is 34.4 Å². The topological polar surface area (TPSA) is 96.0 Å². The van der Waals surface area contributed by atoms with E-state index in [4.69, 9.17) is 18.9 Å². The number of benzene rings is 2. The van der Waals surface area contributed by atoms with Crippen LogP contribution in [0.4, 0.5) is 0 Å². The Labute approximate surface area is 186 Å². The van der Waals surface area contributed by atoms with E-state index in [-0.39, 0.29) is 24.8 Å². The van der Waals surface area contributed by atoms with Gasteiger partial charge in [0, 0.05) is 30.4 Å². The molecule has 0 saturated carbocycles. The van der Waals surface area contributed by atoms with Gasteiger partial charge in [0.2, 0.25) is 5.88 Å². The molecule has 3 rings (SSSR count). The van der Waals surface area contributed by atoms with Crippen molar-refractivity contribution in [1.82, 2.24) is 10.3 Å². The molecule has 0 saturated heterocycles. The molecule has 1 heterocycles. The van der Waals surface area contributed by atoms with Crippen molar-refractivity contribution in [2.24, 2.45) is 0 Å². The van der Waals surface area contributed by atoms with Crippen LogP contribution in [0.5, 0.6) is 28.9 Å². The lowest BCUT2D eigenvalue weighted by Gasteiger charge is -2.12. The van der Waals surface area contributed by atoms with Crippen molar-refractivity contribution >= 4 is 11.7 Å². The van der Waals surface area contributed by atoms with Crippen LogP contribution < -0.4 is 24.3 Å². The van der Waals surface area contributed by atoms with Crippen LogP contribution in [0.15, 0.2) is 60.8 Å². The molecule has 32 heavy (non-hydrogen) atoms. The molecule has 166 valence electrons. The maximum absolute atomic E-state index is 12.1. The molecule has 0 atom stereocenters. The standard InChI is InChI=1S/C24H24N2O6/c1-16(27)18-8-9-21(22(11-18)30-3)31-15-23(28)25-13-17-7-10-24(26-14-17)32-20-6-4-5-19(12-20)29-2/h4-12,14H,13,15H2,1-3H3,(H,25,28). The summed E-state index contributed by atoms with van der Waals surface area (Å²) in [5.41, 5.74) is 1.31. The fourth-order valence-corrected chi connectivity index (χ4v) is 2.76. The highest BCUT2D eigenvalue weighted by molar-refractivity contribution is 5.94. The number of nitrogens with zero attached hydrogens (tertiary/aromatic N) is 1. The number of hydrogen-bond acceptors (Lipinski definition) is 7. The molecule has 8 heteroatoms. The van der Waals surface area contributed by atoms with Crippen LogP contribution >= 0.6 is 0 Å². The van der Waals surface area contributed by atoms with Crippen LogP contribution in [-0.2, 0) is 11.3 Å². The second-order valence-electron chi connectivity index (χ2n) is 6.77. The van der Waals surface area contributed by atoms with Crippen molar-refractivity contribution in [1.29, 1.82) is 0 Å². The van der Waals surface area contributed by atoms with Gasteiger partial charge in [0.05, 0.1) is 14.2 Å². The molecule has 0 aliphatic carbocycles. The first-order valence-electron chi connectivity index (χ1n) is 9.84. The second-order valence-corrected chi connectivity index (χ2v) is 6.77. The highest BCUT2D eigenvalue weighted by Crippen LogP contribution is 2.28. The van der Waals surface area contributed by atoms with Crippen molar-refractivity contribution in [2.45, 2.75) is 13.5 Å². The molecule has 0 aliphatic heterocycles. The molecule has 0 aliphatic rings. The quantitative estimate of drug-likeness (QED) is 0.483. The second kappa shape index (κ2) is 10.8. The molecule has 0 fully saturated rings. The molecule has 2 aromatic carbocycles. The number of methoxy groups -OCH3 is 2. The molecule has 3 aromatic rings. The molecule has 1 N–H and O–H groups in total. The highest BCUT2D eigenvalue weighted by atomic mass is 16.5. The fourth-order valence-electron chi connectivity index (χ4n) is 2.76. The van der Waals surface area contributed by atoms with E-state index in [1.807, 2.05) is 18.2 Å².